The Morgan fingerprint density at radius 3 is 2.93 bits per heavy atom. The van der Waals surface area contributed by atoms with E-state index in [0.717, 1.165) is 12.8 Å². The van der Waals surface area contributed by atoms with Crippen molar-refractivity contribution in [3.8, 4) is 0 Å². The highest BCUT2D eigenvalue weighted by molar-refractivity contribution is 5.15. The highest BCUT2D eigenvalue weighted by Gasteiger charge is 2.19. The van der Waals surface area contributed by atoms with Crippen molar-refractivity contribution in [2.45, 2.75) is 57.4 Å². The minimum Gasteiger partial charge on any atom is -0.327 e. The van der Waals surface area contributed by atoms with Crippen molar-refractivity contribution in [2.75, 3.05) is 0 Å². The smallest absolute Gasteiger partial charge is 0.0655 e. The number of hydrogen-bond donors (Lipinski definition) is 2. The Morgan fingerprint density at radius 1 is 1.53 bits per heavy atom. The molecule has 1 aliphatic rings. The summed E-state index contributed by atoms with van der Waals surface area (Å²) in [5, 5.41) is 7.52. The highest BCUT2D eigenvalue weighted by atomic mass is 15.1. The first kappa shape index (κ1) is 10.7. The van der Waals surface area contributed by atoms with E-state index in [9.17, 15) is 0 Å². The minimum absolute atomic E-state index is 0.266. The molecule has 1 aromatic rings. The maximum Gasteiger partial charge on any atom is 0.0655 e. The van der Waals surface area contributed by atoms with Crippen molar-refractivity contribution < 1.29 is 0 Å². The van der Waals surface area contributed by atoms with Gasteiger partial charge in [0.1, 0.15) is 0 Å². The molecule has 1 unspecified atom stereocenters. The van der Waals surface area contributed by atoms with E-state index in [2.05, 4.69) is 23.2 Å². The summed E-state index contributed by atoms with van der Waals surface area (Å²) >= 11 is 0. The van der Waals surface area contributed by atoms with Crippen LogP contribution in [0.3, 0.4) is 0 Å². The van der Waals surface area contributed by atoms with Crippen LogP contribution in [0.25, 0.3) is 0 Å². The lowest BCUT2D eigenvalue weighted by Crippen LogP contribution is -2.21. The number of nitrogens with zero attached hydrogens (tertiary/aromatic N) is 1. The molecule has 0 radical (unpaired) electrons. The topological polar surface area (TPSA) is 54.7 Å². The van der Waals surface area contributed by atoms with Crippen LogP contribution in [0.2, 0.25) is 0 Å². The normalized spacial score (nSPS) is 19.6. The first-order chi connectivity index (χ1) is 7.29. The van der Waals surface area contributed by atoms with Crippen LogP contribution in [-0.4, -0.2) is 16.2 Å². The molecule has 1 saturated carbocycles. The average Bonchev–Trinajstić information content (AvgIpc) is 2.85. The van der Waals surface area contributed by atoms with Crippen molar-refractivity contribution in [1.29, 1.82) is 0 Å². The second kappa shape index (κ2) is 4.79. The molecule has 0 bridgehead atoms. The molecule has 2 rings (SSSR count). The van der Waals surface area contributed by atoms with E-state index in [4.69, 9.17) is 5.73 Å². The van der Waals surface area contributed by atoms with E-state index in [1.165, 1.54) is 37.1 Å². The number of nitrogens with one attached hydrogen (secondary N) is 1. The van der Waals surface area contributed by atoms with Crippen molar-refractivity contribution >= 4 is 0 Å². The third kappa shape index (κ3) is 2.59. The molecular formula is C12H21N3. The average molecular weight is 207 g/mol. The van der Waals surface area contributed by atoms with Gasteiger partial charge in [-0.3, -0.25) is 5.10 Å². The monoisotopic (exact) mass is 207 g/mol. The van der Waals surface area contributed by atoms with Crippen LogP contribution in [0.5, 0.6) is 0 Å². The molecule has 1 fully saturated rings. The number of nitrogens with two attached hydrogens (primary N) is 1. The van der Waals surface area contributed by atoms with Gasteiger partial charge in [-0.2, -0.15) is 5.10 Å². The maximum absolute atomic E-state index is 5.92. The SMILES string of the molecule is CCC(N)Cc1cc(C2CCCC2)n[nH]1. The molecule has 0 amide bonds. The van der Waals surface area contributed by atoms with Crippen LogP contribution in [0.15, 0.2) is 6.07 Å². The van der Waals surface area contributed by atoms with E-state index in [-0.39, 0.29) is 6.04 Å². The van der Waals surface area contributed by atoms with Gasteiger partial charge < -0.3 is 5.73 Å². The third-order valence-electron chi connectivity index (χ3n) is 3.43. The molecule has 1 aromatic heterocycles. The number of aromatic amines is 1. The van der Waals surface area contributed by atoms with Crippen LogP contribution in [-0.2, 0) is 6.42 Å². The van der Waals surface area contributed by atoms with Gasteiger partial charge in [0.05, 0.1) is 5.69 Å². The molecule has 0 aromatic carbocycles. The third-order valence-corrected chi connectivity index (χ3v) is 3.43. The Morgan fingerprint density at radius 2 is 2.27 bits per heavy atom. The molecule has 0 spiro atoms. The fourth-order valence-corrected chi connectivity index (χ4v) is 2.34. The summed E-state index contributed by atoms with van der Waals surface area (Å²) in [7, 11) is 0. The van der Waals surface area contributed by atoms with Gasteiger partial charge in [0, 0.05) is 24.1 Å². The van der Waals surface area contributed by atoms with Gasteiger partial charge in [-0.15, -0.1) is 0 Å². The van der Waals surface area contributed by atoms with Crippen molar-refractivity contribution in [2.24, 2.45) is 5.73 Å². The van der Waals surface area contributed by atoms with Crippen LogP contribution in [0, 0.1) is 0 Å². The lowest BCUT2D eigenvalue weighted by atomic mass is 10.0. The van der Waals surface area contributed by atoms with E-state index >= 15 is 0 Å². The molecule has 15 heavy (non-hydrogen) atoms. The van der Waals surface area contributed by atoms with E-state index < -0.39 is 0 Å². The second-order valence-corrected chi connectivity index (χ2v) is 4.67. The van der Waals surface area contributed by atoms with E-state index in [1.54, 1.807) is 0 Å². The first-order valence-corrected chi connectivity index (χ1v) is 6.09. The van der Waals surface area contributed by atoms with Gasteiger partial charge in [-0.05, 0) is 25.3 Å². The van der Waals surface area contributed by atoms with Crippen LogP contribution in [0.4, 0.5) is 0 Å². The molecule has 1 aliphatic carbocycles. The summed E-state index contributed by atoms with van der Waals surface area (Å²) in [6, 6.07) is 2.48. The molecule has 0 aliphatic heterocycles. The largest absolute Gasteiger partial charge is 0.327 e. The van der Waals surface area contributed by atoms with Gasteiger partial charge >= 0.3 is 0 Å². The standard InChI is InChI=1S/C12H21N3/c1-2-10(13)7-11-8-12(15-14-11)9-5-3-4-6-9/h8-10H,2-7,13H2,1H3,(H,14,15). The Labute approximate surface area is 91.4 Å². The molecule has 1 atom stereocenters. The first-order valence-electron chi connectivity index (χ1n) is 6.09. The molecule has 1 heterocycles. The van der Waals surface area contributed by atoms with Gasteiger partial charge in [-0.25, -0.2) is 0 Å². The lowest BCUT2D eigenvalue weighted by Gasteiger charge is -2.05. The number of aromatic nitrogens is 2. The summed E-state index contributed by atoms with van der Waals surface area (Å²) in [5.41, 5.74) is 8.38. The predicted molar refractivity (Wildman–Crippen MR) is 61.8 cm³/mol. The van der Waals surface area contributed by atoms with E-state index in [0.29, 0.717) is 5.92 Å². The zero-order chi connectivity index (χ0) is 10.7. The molecule has 0 saturated heterocycles. The summed E-state index contributed by atoms with van der Waals surface area (Å²) < 4.78 is 0. The fraction of sp³-hybridized carbons (Fsp3) is 0.750. The minimum atomic E-state index is 0.266. The summed E-state index contributed by atoms with van der Waals surface area (Å²) in [6.07, 6.45) is 7.30. The van der Waals surface area contributed by atoms with Crippen LogP contribution < -0.4 is 5.73 Å². The zero-order valence-corrected chi connectivity index (χ0v) is 9.50. The summed E-state index contributed by atoms with van der Waals surface area (Å²) in [6.45, 7) is 2.12. The number of hydrogen-bond acceptors (Lipinski definition) is 2. The molecule has 3 N–H and O–H groups in total. The summed E-state index contributed by atoms with van der Waals surface area (Å²) in [5.74, 6) is 0.702. The molecular weight excluding hydrogens is 186 g/mol. The van der Waals surface area contributed by atoms with Gasteiger partial charge in [0.15, 0.2) is 0 Å². The van der Waals surface area contributed by atoms with Crippen molar-refractivity contribution in [3.63, 3.8) is 0 Å². The van der Waals surface area contributed by atoms with Crippen LogP contribution >= 0.6 is 0 Å². The Bertz CT molecular complexity index is 300. The Hall–Kier alpha value is -0.830. The Kier molecular flexibility index (Phi) is 3.41. The fourth-order valence-electron chi connectivity index (χ4n) is 2.34. The van der Waals surface area contributed by atoms with Gasteiger partial charge in [0.2, 0.25) is 0 Å². The van der Waals surface area contributed by atoms with E-state index in [1.807, 2.05) is 0 Å². The van der Waals surface area contributed by atoms with Crippen molar-refractivity contribution in [3.05, 3.63) is 17.5 Å². The number of rotatable bonds is 4. The molecule has 84 valence electrons. The zero-order valence-electron chi connectivity index (χ0n) is 9.50. The highest BCUT2D eigenvalue weighted by Crippen LogP contribution is 2.33. The maximum atomic E-state index is 5.92. The molecule has 3 nitrogen and oxygen atoms in total. The quantitative estimate of drug-likeness (QED) is 0.796. The molecule has 3 heteroatoms. The second-order valence-electron chi connectivity index (χ2n) is 4.67. The van der Waals surface area contributed by atoms with Gasteiger partial charge in [0.25, 0.3) is 0 Å². The van der Waals surface area contributed by atoms with Crippen molar-refractivity contribution in [1.82, 2.24) is 10.2 Å². The summed E-state index contributed by atoms with van der Waals surface area (Å²) in [4.78, 5) is 0. The number of H-pyrrole nitrogens is 1. The predicted octanol–water partition coefficient (Wildman–Crippen LogP) is 2.35. The van der Waals surface area contributed by atoms with Gasteiger partial charge in [-0.1, -0.05) is 19.8 Å². The van der Waals surface area contributed by atoms with Crippen LogP contribution in [0.1, 0.15) is 56.3 Å². The lowest BCUT2D eigenvalue weighted by molar-refractivity contribution is 0.635. The Balaban J connectivity index is 1.97.